The molecule has 3 rings (SSSR count). The van der Waals surface area contributed by atoms with Gasteiger partial charge in [-0.3, -0.25) is 9.78 Å². The van der Waals surface area contributed by atoms with Gasteiger partial charge in [0.25, 0.3) is 0 Å². The number of nitrogens with zero attached hydrogens (tertiary/aromatic N) is 1. The minimum atomic E-state index is -0.0531. The molecule has 0 saturated carbocycles. The third-order valence-corrected chi connectivity index (χ3v) is 6.24. The van der Waals surface area contributed by atoms with Crippen LogP contribution in [-0.2, 0) is 11.2 Å². The van der Waals surface area contributed by atoms with Crippen LogP contribution < -0.4 is 10.1 Å². The maximum atomic E-state index is 12.5. The smallest absolute Gasteiger partial charge is 0.244 e. The van der Waals surface area contributed by atoms with E-state index in [0.717, 1.165) is 37.9 Å². The summed E-state index contributed by atoms with van der Waals surface area (Å²) in [5.74, 6) is 0.799. The number of fused-ring (bicyclic) bond motifs is 1. The molecule has 35 heavy (non-hydrogen) atoms. The second-order valence-electron chi connectivity index (χ2n) is 9.06. The molecule has 0 spiro atoms. The Kier molecular flexibility index (Phi) is 10.6. The molecule has 0 unspecified atom stereocenters. The molecule has 0 aliphatic heterocycles. The van der Waals surface area contributed by atoms with E-state index in [-0.39, 0.29) is 11.9 Å². The predicted octanol–water partition coefficient (Wildman–Crippen LogP) is 7.29. The Morgan fingerprint density at radius 3 is 2.77 bits per heavy atom. The number of nitrogens with one attached hydrogen (secondary N) is 1. The molecule has 1 amide bonds. The van der Waals surface area contributed by atoms with E-state index in [1.165, 1.54) is 40.3 Å². The van der Waals surface area contributed by atoms with Gasteiger partial charge in [0.2, 0.25) is 5.91 Å². The summed E-state index contributed by atoms with van der Waals surface area (Å²) in [5, 5.41) is 5.45. The third-order valence-electron chi connectivity index (χ3n) is 6.24. The quantitative estimate of drug-likeness (QED) is 0.162. The molecule has 0 fully saturated rings. The molecule has 4 heteroatoms. The molecule has 1 aromatic heterocycles. The molecule has 184 valence electrons. The predicted molar refractivity (Wildman–Crippen MR) is 147 cm³/mol. The van der Waals surface area contributed by atoms with Crippen LogP contribution in [-0.4, -0.2) is 24.0 Å². The lowest BCUT2D eigenvalue weighted by atomic mass is 9.94. The van der Waals surface area contributed by atoms with Crippen LogP contribution in [0, 0.1) is 0 Å². The van der Waals surface area contributed by atoms with E-state index in [1.54, 1.807) is 19.4 Å². The van der Waals surface area contributed by atoms with E-state index < -0.39 is 0 Å². The van der Waals surface area contributed by atoms with Crippen LogP contribution >= 0.6 is 0 Å². The van der Waals surface area contributed by atoms with Gasteiger partial charge in [-0.15, -0.1) is 0 Å². The number of ether oxygens (including phenoxy) is 1. The van der Waals surface area contributed by atoms with Gasteiger partial charge < -0.3 is 10.1 Å². The highest BCUT2D eigenvalue weighted by molar-refractivity contribution is 5.95. The van der Waals surface area contributed by atoms with Gasteiger partial charge in [0.05, 0.1) is 7.11 Å². The Morgan fingerprint density at radius 2 is 2.00 bits per heavy atom. The zero-order chi connectivity index (χ0) is 24.9. The summed E-state index contributed by atoms with van der Waals surface area (Å²) < 4.78 is 5.47. The van der Waals surface area contributed by atoms with Gasteiger partial charge in [-0.05, 0) is 84.7 Å². The van der Waals surface area contributed by atoms with E-state index in [0.29, 0.717) is 0 Å². The van der Waals surface area contributed by atoms with Crippen molar-refractivity contribution in [3.05, 3.63) is 90.3 Å². The number of aryl methyl sites for hydroxylation is 1. The van der Waals surface area contributed by atoms with Crippen molar-refractivity contribution in [3.63, 3.8) is 0 Å². The number of hydrogen-bond acceptors (Lipinski definition) is 3. The first kappa shape index (κ1) is 26.2. The zero-order valence-electron chi connectivity index (χ0n) is 21.3. The molecule has 1 heterocycles. The van der Waals surface area contributed by atoms with E-state index in [9.17, 15) is 4.79 Å². The van der Waals surface area contributed by atoms with Crippen molar-refractivity contribution >= 4 is 22.3 Å². The van der Waals surface area contributed by atoms with E-state index in [2.05, 4.69) is 66.6 Å². The summed E-state index contributed by atoms with van der Waals surface area (Å²) in [7, 11) is 1.70. The van der Waals surface area contributed by atoms with Gasteiger partial charge >= 0.3 is 0 Å². The van der Waals surface area contributed by atoms with Gasteiger partial charge in [0.1, 0.15) is 5.75 Å². The zero-order valence-corrected chi connectivity index (χ0v) is 21.3. The maximum absolute atomic E-state index is 12.5. The van der Waals surface area contributed by atoms with Gasteiger partial charge in [-0.25, -0.2) is 0 Å². The molecule has 1 N–H and O–H groups in total. The fourth-order valence-electron chi connectivity index (χ4n) is 4.31. The Morgan fingerprint density at radius 1 is 1.11 bits per heavy atom. The lowest BCUT2D eigenvalue weighted by Gasteiger charge is -2.13. The van der Waals surface area contributed by atoms with Crippen molar-refractivity contribution in [1.29, 1.82) is 0 Å². The number of rotatable bonds is 13. The molecule has 2 aromatic carbocycles. The van der Waals surface area contributed by atoms with E-state index >= 15 is 0 Å². The Balaban J connectivity index is 1.65. The molecule has 0 aliphatic rings. The van der Waals surface area contributed by atoms with Crippen LogP contribution in [0.3, 0.4) is 0 Å². The first-order valence-corrected chi connectivity index (χ1v) is 12.7. The Bertz CT molecular complexity index is 1140. The standard InChI is InChI=1S/C31H38N2O2/c1-4-5-6-14-26(29-17-8-15-27-19-20-28(35-3)22-30(27)29)16-9-18-31(34)33-24(2)11-7-12-25-13-10-21-32-23-25/h8-10,13,15-24H,4-7,11-12,14H2,1-3H3,(H,33,34)/t24-/m1/s1. The number of methoxy groups -OCH3 is 1. The fourth-order valence-corrected chi connectivity index (χ4v) is 4.31. The highest BCUT2D eigenvalue weighted by Crippen LogP contribution is 2.31. The average Bonchev–Trinajstić information content (AvgIpc) is 2.88. The number of pyridine rings is 1. The number of unbranched alkanes of at least 4 members (excludes halogenated alkanes) is 2. The normalized spacial score (nSPS) is 12.7. The third kappa shape index (κ3) is 8.40. The number of carbonyl (C=O) groups excluding carboxylic acids is 1. The molecule has 3 aromatic rings. The molecule has 0 radical (unpaired) electrons. The largest absolute Gasteiger partial charge is 0.497 e. The second-order valence-corrected chi connectivity index (χ2v) is 9.06. The molecular formula is C31H38N2O2. The van der Waals surface area contributed by atoms with Crippen LogP contribution in [0.1, 0.15) is 63.5 Å². The lowest BCUT2D eigenvalue weighted by molar-refractivity contribution is -0.117. The van der Waals surface area contributed by atoms with Gasteiger partial charge in [-0.1, -0.05) is 62.2 Å². The van der Waals surface area contributed by atoms with Gasteiger partial charge in [0, 0.05) is 24.5 Å². The van der Waals surface area contributed by atoms with Crippen molar-refractivity contribution in [3.8, 4) is 5.75 Å². The highest BCUT2D eigenvalue weighted by atomic mass is 16.5. The number of benzene rings is 2. The van der Waals surface area contributed by atoms with Crippen molar-refractivity contribution in [2.75, 3.05) is 7.11 Å². The first-order valence-electron chi connectivity index (χ1n) is 12.7. The summed E-state index contributed by atoms with van der Waals surface area (Å²) in [6.45, 7) is 4.28. The minimum Gasteiger partial charge on any atom is -0.497 e. The lowest BCUT2D eigenvalue weighted by Crippen LogP contribution is -2.31. The molecule has 4 nitrogen and oxygen atoms in total. The number of aromatic nitrogens is 1. The number of allylic oxidation sites excluding steroid dienone is 3. The topological polar surface area (TPSA) is 51.2 Å². The van der Waals surface area contributed by atoms with Crippen LogP contribution in [0.4, 0.5) is 0 Å². The van der Waals surface area contributed by atoms with Gasteiger partial charge in [0.15, 0.2) is 0 Å². The summed E-state index contributed by atoms with van der Waals surface area (Å²) in [4.78, 5) is 16.7. The average molecular weight is 471 g/mol. The SMILES string of the molecule is CCCCCC(=CC=CC(=O)N[C@H](C)CCCc1cccnc1)c1cccc2ccc(OC)cc12. The van der Waals surface area contributed by atoms with Crippen LogP contribution in [0.15, 0.2) is 79.2 Å². The van der Waals surface area contributed by atoms with E-state index in [1.807, 2.05) is 24.4 Å². The van der Waals surface area contributed by atoms with Crippen molar-refractivity contribution in [1.82, 2.24) is 10.3 Å². The first-order chi connectivity index (χ1) is 17.1. The summed E-state index contributed by atoms with van der Waals surface area (Å²) >= 11 is 0. The fraction of sp³-hybridized carbons (Fsp3) is 0.355. The van der Waals surface area contributed by atoms with Crippen molar-refractivity contribution < 1.29 is 9.53 Å². The molecular weight excluding hydrogens is 432 g/mol. The Labute approximate surface area is 210 Å². The summed E-state index contributed by atoms with van der Waals surface area (Å²) in [5.41, 5.74) is 3.68. The van der Waals surface area contributed by atoms with Crippen LogP contribution in [0.5, 0.6) is 5.75 Å². The number of hydrogen-bond donors (Lipinski definition) is 1. The number of amides is 1. The minimum absolute atomic E-state index is 0.0531. The van der Waals surface area contributed by atoms with Crippen LogP contribution in [0.2, 0.25) is 0 Å². The number of carbonyl (C=O) groups is 1. The van der Waals surface area contributed by atoms with Crippen LogP contribution in [0.25, 0.3) is 16.3 Å². The molecule has 0 aliphatic carbocycles. The molecule has 1 atom stereocenters. The summed E-state index contributed by atoms with van der Waals surface area (Å²) in [6.07, 6.45) is 16.7. The van der Waals surface area contributed by atoms with Crippen molar-refractivity contribution in [2.24, 2.45) is 0 Å². The van der Waals surface area contributed by atoms with Gasteiger partial charge in [-0.2, -0.15) is 0 Å². The second kappa shape index (κ2) is 14.1. The van der Waals surface area contributed by atoms with Crippen molar-refractivity contribution in [2.45, 2.75) is 64.8 Å². The summed E-state index contributed by atoms with van der Waals surface area (Å²) in [6, 6.07) is 16.8. The Hall–Kier alpha value is -3.40. The molecule has 0 saturated heterocycles. The monoisotopic (exact) mass is 470 g/mol. The maximum Gasteiger partial charge on any atom is 0.244 e. The van der Waals surface area contributed by atoms with E-state index in [4.69, 9.17) is 4.74 Å². The highest BCUT2D eigenvalue weighted by Gasteiger charge is 2.08. The molecule has 0 bridgehead atoms.